The molecule has 1 aliphatic heterocycles. The maximum Gasteiger partial charge on any atom is 0.273 e. The molecule has 6 nitrogen and oxygen atoms in total. The molecule has 1 saturated heterocycles. The fourth-order valence-corrected chi connectivity index (χ4v) is 1.97. The number of aromatic nitrogens is 3. The van der Waals surface area contributed by atoms with Crippen molar-refractivity contribution in [3.63, 3.8) is 0 Å². The van der Waals surface area contributed by atoms with Gasteiger partial charge in [-0.05, 0) is 39.8 Å². The molecule has 0 spiro atoms. The number of nitrogens with one attached hydrogen (secondary N) is 2. The fourth-order valence-electron chi connectivity index (χ4n) is 1.97. The van der Waals surface area contributed by atoms with Gasteiger partial charge in [-0.15, -0.1) is 5.10 Å². The van der Waals surface area contributed by atoms with Crippen LogP contribution in [0.15, 0.2) is 6.20 Å². The van der Waals surface area contributed by atoms with Crippen molar-refractivity contribution in [2.75, 3.05) is 13.1 Å². The largest absolute Gasteiger partial charge is 0.348 e. The predicted octanol–water partition coefficient (Wildman–Crippen LogP) is 0.341. The number of rotatable bonds is 3. The topological polar surface area (TPSA) is 71.8 Å². The van der Waals surface area contributed by atoms with Crippen molar-refractivity contribution in [3.05, 3.63) is 11.9 Å². The summed E-state index contributed by atoms with van der Waals surface area (Å²) in [5, 5.41) is 14.1. The van der Waals surface area contributed by atoms with E-state index in [9.17, 15) is 4.79 Å². The Morgan fingerprint density at radius 3 is 2.88 bits per heavy atom. The second-order valence-corrected chi connectivity index (χ2v) is 4.69. The molecule has 1 fully saturated rings. The van der Waals surface area contributed by atoms with Gasteiger partial charge in [-0.3, -0.25) is 4.79 Å². The van der Waals surface area contributed by atoms with Crippen LogP contribution in [-0.2, 0) is 0 Å². The molecule has 1 aromatic rings. The lowest BCUT2D eigenvalue weighted by atomic mass is 10.1. The standard InChI is InChI=1S/C11H19N5O/c1-8(2)13-11(17)10-7-16(15-14-10)9-3-5-12-6-4-9/h7-9,12H,3-6H2,1-2H3,(H,13,17). The van der Waals surface area contributed by atoms with E-state index in [0.717, 1.165) is 25.9 Å². The zero-order chi connectivity index (χ0) is 12.3. The molecule has 6 heteroatoms. The van der Waals surface area contributed by atoms with Gasteiger partial charge in [-0.1, -0.05) is 5.21 Å². The third-order valence-corrected chi connectivity index (χ3v) is 2.85. The second-order valence-electron chi connectivity index (χ2n) is 4.69. The minimum atomic E-state index is -0.153. The highest BCUT2D eigenvalue weighted by molar-refractivity contribution is 5.91. The summed E-state index contributed by atoms with van der Waals surface area (Å²) >= 11 is 0. The Morgan fingerprint density at radius 2 is 2.24 bits per heavy atom. The molecule has 1 aromatic heterocycles. The minimum Gasteiger partial charge on any atom is -0.348 e. The van der Waals surface area contributed by atoms with Crippen molar-refractivity contribution < 1.29 is 4.79 Å². The van der Waals surface area contributed by atoms with E-state index in [1.807, 2.05) is 18.5 Å². The van der Waals surface area contributed by atoms with Crippen molar-refractivity contribution in [1.82, 2.24) is 25.6 Å². The first-order chi connectivity index (χ1) is 8.16. The Bertz CT molecular complexity index is 381. The molecule has 94 valence electrons. The molecule has 17 heavy (non-hydrogen) atoms. The molecule has 0 bridgehead atoms. The van der Waals surface area contributed by atoms with Crippen molar-refractivity contribution in [2.24, 2.45) is 0 Å². The average molecular weight is 237 g/mol. The van der Waals surface area contributed by atoms with Crippen LogP contribution in [0.2, 0.25) is 0 Å². The van der Waals surface area contributed by atoms with E-state index >= 15 is 0 Å². The fraction of sp³-hybridized carbons (Fsp3) is 0.727. The van der Waals surface area contributed by atoms with E-state index in [-0.39, 0.29) is 11.9 Å². The summed E-state index contributed by atoms with van der Waals surface area (Å²) in [5.74, 6) is -0.153. The van der Waals surface area contributed by atoms with E-state index in [1.54, 1.807) is 6.20 Å². The number of piperidine rings is 1. The third-order valence-electron chi connectivity index (χ3n) is 2.85. The molecule has 0 radical (unpaired) electrons. The van der Waals surface area contributed by atoms with Crippen molar-refractivity contribution in [1.29, 1.82) is 0 Å². The lowest BCUT2D eigenvalue weighted by Crippen LogP contribution is -2.30. The average Bonchev–Trinajstić information content (AvgIpc) is 2.78. The van der Waals surface area contributed by atoms with Gasteiger partial charge in [0.25, 0.3) is 5.91 Å². The first kappa shape index (κ1) is 12.0. The Morgan fingerprint density at radius 1 is 1.53 bits per heavy atom. The molecular weight excluding hydrogens is 218 g/mol. The predicted molar refractivity (Wildman–Crippen MR) is 63.8 cm³/mol. The van der Waals surface area contributed by atoms with Crippen molar-refractivity contribution in [3.8, 4) is 0 Å². The summed E-state index contributed by atoms with van der Waals surface area (Å²) in [7, 11) is 0. The second kappa shape index (κ2) is 5.27. The highest BCUT2D eigenvalue weighted by atomic mass is 16.2. The smallest absolute Gasteiger partial charge is 0.273 e. The normalized spacial score (nSPS) is 17.4. The zero-order valence-corrected chi connectivity index (χ0v) is 10.3. The van der Waals surface area contributed by atoms with Crippen LogP contribution >= 0.6 is 0 Å². The van der Waals surface area contributed by atoms with Crippen LogP contribution in [0.3, 0.4) is 0 Å². The van der Waals surface area contributed by atoms with Gasteiger partial charge >= 0.3 is 0 Å². The number of hydrogen-bond acceptors (Lipinski definition) is 4. The van der Waals surface area contributed by atoms with Gasteiger partial charge in [0.05, 0.1) is 12.2 Å². The highest BCUT2D eigenvalue weighted by Crippen LogP contribution is 2.16. The van der Waals surface area contributed by atoms with Gasteiger partial charge in [0.1, 0.15) is 0 Å². The van der Waals surface area contributed by atoms with Crippen molar-refractivity contribution in [2.45, 2.75) is 38.8 Å². The van der Waals surface area contributed by atoms with Gasteiger partial charge in [0.15, 0.2) is 5.69 Å². The Labute approximate surface area is 101 Å². The maximum atomic E-state index is 11.7. The zero-order valence-electron chi connectivity index (χ0n) is 10.3. The number of carbonyl (C=O) groups is 1. The SMILES string of the molecule is CC(C)NC(=O)c1cn(C2CCNCC2)nn1. The van der Waals surface area contributed by atoms with E-state index in [1.165, 1.54) is 0 Å². The summed E-state index contributed by atoms with van der Waals surface area (Å²) in [6.45, 7) is 5.85. The molecule has 1 aliphatic rings. The molecule has 0 atom stereocenters. The summed E-state index contributed by atoms with van der Waals surface area (Å²) in [4.78, 5) is 11.7. The van der Waals surface area contributed by atoms with Crippen LogP contribution in [0.5, 0.6) is 0 Å². The number of nitrogens with zero attached hydrogens (tertiary/aromatic N) is 3. The summed E-state index contributed by atoms with van der Waals surface area (Å²) < 4.78 is 1.82. The molecule has 0 aliphatic carbocycles. The Hall–Kier alpha value is -1.43. The highest BCUT2D eigenvalue weighted by Gasteiger charge is 2.18. The molecule has 2 rings (SSSR count). The molecule has 1 amide bonds. The molecule has 2 N–H and O–H groups in total. The van der Waals surface area contributed by atoms with Gasteiger partial charge in [-0.2, -0.15) is 0 Å². The van der Waals surface area contributed by atoms with Crippen LogP contribution in [-0.4, -0.2) is 40.0 Å². The number of amides is 1. The van der Waals surface area contributed by atoms with E-state index < -0.39 is 0 Å². The molecule has 0 saturated carbocycles. The molecular formula is C11H19N5O. The van der Waals surface area contributed by atoms with Gasteiger partial charge in [0.2, 0.25) is 0 Å². The summed E-state index contributed by atoms with van der Waals surface area (Å²) in [6, 6.07) is 0.482. The van der Waals surface area contributed by atoms with Gasteiger partial charge in [0, 0.05) is 6.04 Å². The van der Waals surface area contributed by atoms with E-state index in [2.05, 4.69) is 20.9 Å². The molecule has 0 aromatic carbocycles. The van der Waals surface area contributed by atoms with Gasteiger partial charge in [-0.25, -0.2) is 4.68 Å². The monoisotopic (exact) mass is 237 g/mol. The van der Waals surface area contributed by atoms with Crippen LogP contribution < -0.4 is 10.6 Å². The molecule has 0 unspecified atom stereocenters. The lowest BCUT2D eigenvalue weighted by molar-refractivity contribution is 0.0938. The quantitative estimate of drug-likeness (QED) is 0.795. The summed E-state index contributed by atoms with van der Waals surface area (Å²) in [5.41, 5.74) is 0.400. The van der Waals surface area contributed by atoms with Crippen LogP contribution in [0.1, 0.15) is 43.2 Å². The summed E-state index contributed by atoms with van der Waals surface area (Å²) in [6.07, 6.45) is 3.82. The first-order valence-electron chi connectivity index (χ1n) is 6.10. The number of hydrogen-bond donors (Lipinski definition) is 2. The molecule has 2 heterocycles. The van der Waals surface area contributed by atoms with E-state index in [0.29, 0.717) is 11.7 Å². The van der Waals surface area contributed by atoms with Crippen molar-refractivity contribution >= 4 is 5.91 Å². The third kappa shape index (κ3) is 3.03. The number of carbonyl (C=O) groups excluding carboxylic acids is 1. The maximum absolute atomic E-state index is 11.7. The Kier molecular flexibility index (Phi) is 3.73. The lowest BCUT2D eigenvalue weighted by Gasteiger charge is -2.22. The van der Waals surface area contributed by atoms with Crippen LogP contribution in [0.25, 0.3) is 0 Å². The van der Waals surface area contributed by atoms with Crippen LogP contribution in [0, 0.1) is 0 Å². The van der Waals surface area contributed by atoms with E-state index in [4.69, 9.17) is 0 Å². The van der Waals surface area contributed by atoms with Crippen LogP contribution in [0.4, 0.5) is 0 Å². The Balaban J connectivity index is 2.02. The van der Waals surface area contributed by atoms with Gasteiger partial charge < -0.3 is 10.6 Å². The minimum absolute atomic E-state index is 0.117. The first-order valence-corrected chi connectivity index (χ1v) is 6.10.